The number of aryl methyl sites for hydroxylation is 1. The lowest BCUT2D eigenvalue weighted by Gasteiger charge is -2.12. The standard InChI is InChI=1S/C7H8N4O2.C4H11NO/c1-10-5-4(8-3-9-5)6(12)11(2)7(10)13;1-4(2,5)3-6/h3H,1-2H3,(H,8,9);6H,3,5H2,1-2H3. The lowest BCUT2D eigenvalue weighted by atomic mass is 10.1. The third-order valence-corrected chi connectivity index (χ3v) is 2.44. The minimum absolute atomic E-state index is 0.0486. The van der Waals surface area contributed by atoms with E-state index in [0.717, 1.165) is 4.57 Å². The Morgan fingerprint density at radius 1 is 1.37 bits per heavy atom. The zero-order chi connectivity index (χ0) is 14.8. The number of aromatic nitrogens is 4. The van der Waals surface area contributed by atoms with E-state index in [1.54, 1.807) is 20.9 Å². The number of nitrogens with two attached hydrogens (primary N) is 1. The number of fused-ring (bicyclic) bond motifs is 1. The molecule has 0 fully saturated rings. The number of aliphatic hydroxyl groups is 1. The number of nitrogens with zero attached hydrogens (tertiary/aromatic N) is 3. The predicted octanol–water partition coefficient (Wildman–Crippen LogP) is -1.32. The van der Waals surface area contributed by atoms with Crippen molar-refractivity contribution in [2.75, 3.05) is 6.61 Å². The van der Waals surface area contributed by atoms with Gasteiger partial charge in [0.2, 0.25) is 0 Å². The van der Waals surface area contributed by atoms with Crippen LogP contribution in [0.5, 0.6) is 0 Å². The van der Waals surface area contributed by atoms with Crippen LogP contribution < -0.4 is 17.0 Å². The highest BCUT2D eigenvalue weighted by Crippen LogP contribution is 1.97. The van der Waals surface area contributed by atoms with E-state index >= 15 is 0 Å². The highest BCUT2D eigenvalue weighted by Gasteiger charge is 2.09. The molecule has 8 nitrogen and oxygen atoms in total. The van der Waals surface area contributed by atoms with Crippen LogP contribution in [0.15, 0.2) is 15.9 Å². The minimum Gasteiger partial charge on any atom is -0.394 e. The van der Waals surface area contributed by atoms with Crippen LogP contribution in [0.4, 0.5) is 0 Å². The Hall–Kier alpha value is -1.93. The molecule has 0 atom stereocenters. The van der Waals surface area contributed by atoms with Gasteiger partial charge in [0.05, 0.1) is 12.9 Å². The Bertz CT molecular complexity index is 674. The van der Waals surface area contributed by atoms with Crippen molar-refractivity contribution in [1.29, 1.82) is 0 Å². The van der Waals surface area contributed by atoms with Gasteiger partial charge in [-0.25, -0.2) is 9.78 Å². The summed E-state index contributed by atoms with van der Waals surface area (Å²) in [5.74, 6) is 0. The fraction of sp³-hybridized carbons (Fsp3) is 0.545. The van der Waals surface area contributed by atoms with Crippen molar-refractivity contribution in [2.24, 2.45) is 19.8 Å². The number of hydrogen-bond donors (Lipinski definition) is 3. The second kappa shape index (κ2) is 5.37. The molecular weight excluding hydrogens is 250 g/mol. The van der Waals surface area contributed by atoms with Gasteiger partial charge in [0, 0.05) is 19.6 Å². The Labute approximate surface area is 109 Å². The zero-order valence-corrected chi connectivity index (χ0v) is 11.5. The molecule has 2 aromatic rings. The van der Waals surface area contributed by atoms with Crippen LogP contribution in [-0.2, 0) is 14.1 Å². The Morgan fingerprint density at radius 2 is 1.89 bits per heavy atom. The number of rotatable bonds is 1. The molecule has 106 valence electrons. The van der Waals surface area contributed by atoms with Crippen LogP contribution in [0.1, 0.15) is 13.8 Å². The average Bonchev–Trinajstić information content (AvgIpc) is 2.83. The van der Waals surface area contributed by atoms with E-state index in [9.17, 15) is 9.59 Å². The minimum atomic E-state index is -0.403. The van der Waals surface area contributed by atoms with E-state index in [0.29, 0.717) is 11.2 Å². The maximum atomic E-state index is 11.4. The lowest BCUT2D eigenvalue weighted by molar-refractivity contribution is 0.221. The van der Waals surface area contributed by atoms with E-state index in [1.807, 2.05) is 0 Å². The summed E-state index contributed by atoms with van der Waals surface area (Å²) in [6.07, 6.45) is 1.39. The molecule has 2 rings (SSSR count). The molecule has 2 heterocycles. The van der Waals surface area contributed by atoms with Gasteiger partial charge < -0.3 is 15.8 Å². The molecule has 8 heteroatoms. The smallest absolute Gasteiger partial charge is 0.332 e. The third kappa shape index (κ3) is 3.30. The van der Waals surface area contributed by atoms with Crippen molar-refractivity contribution >= 4 is 11.2 Å². The van der Waals surface area contributed by atoms with Gasteiger partial charge in [-0.15, -0.1) is 0 Å². The van der Waals surface area contributed by atoms with Crippen LogP contribution in [0.2, 0.25) is 0 Å². The maximum absolute atomic E-state index is 11.4. The van der Waals surface area contributed by atoms with Crippen LogP contribution in [0.25, 0.3) is 11.2 Å². The molecule has 0 bridgehead atoms. The first-order valence-electron chi connectivity index (χ1n) is 5.68. The topological polar surface area (TPSA) is 119 Å². The van der Waals surface area contributed by atoms with Crippen LogP contribution in [0, 0.1) is 0 Å². The second-order valence-corrected chi connectivity index (χ2v) is 4.95. The number of imidazole rings is 1. The SMILES string of the molecule is CC(C)(N)CO.Cn1c(=O)c2[nH]cnc2n(C)c1=O. The van der Waals surface area contributed by atoms with Crippen molar-refractivity contribution in [3.8, 4) is 0 Å². The van der Waals surface area contributed by atoms with Gasteiger partial charge in [0.1, 0.15) is 5.52 Å². The molecule has 0 aromatic carbocycles. The molecule has 0 aliphatic heterocycles. The van der Waals surface area contributed by atoms with Crippen molar-refractivity contribution in [3.05, 3.63) is 27.2 Å². The molecule has 0 amide bonds. The number of aromatic amines is 1. The van der Waals surface area contributed by atoms with Crippen molar-refractivity contribution in [3.63, 3.8) is 0 Å². The first-order valence-corrected chi connectivity index (χ1v) is 5.68. The highest BCUT2D eigenvalue weighted by molar-refractivity contribution is 5.68. The van der Waals surface area contributed by atoms with E-state index in [-0.39, 0.29) is 17.9 Å². The van der Waals surface area contributed by atoms with Gasteiger partial charge in [0.15, 0.2) is 5.65 Å². The first-order chi connectivity index (χ1) is 8.69. The summed E-state index contributed by atoms with van der Waals surface area (Å²) in [5, 5.41) is 8.28. The largest absolute Gasteiger partial charge is 0.394 e. The zero-order valence-electron chi connectivity index (χ0n) is 11.5. The van der Waals surface area contributed by atoms with Crippen LogP contribution >= 0.6 is 0 Å². The normalized spacial score (nSPS) is 11.3. The highest BCUT2D eigenvalue weighted by atomic mass is 16.3. The predicted molar refractivity (Wildman–Crippen MR) is 71.9 cm³/mol. The molecule has 0 unspecified atom stereocenters. The van der Waals surface area contributed by atoms with Gasteiger partial charge >= 0.3 is 5.69 Å². The summed E-state index contributed by atoms with van der Waals surface area (Å²) in [6.45, 7) is 3.59. The summed E-state index contributed by atoms with van der Waals surface area (Å²) in [5.41, 5.74) is 4.89. The summed E-state index contributed by atoms with van der Waals surface area (Å²) in [7, 11) is 3.01. The summed E-state index contributed by atoms with van der Waals surface area (Å²) < 4.78 is 2.37. The van der Waals surface area contributed by atoms with Gasteiger partial charge in [-0.3, -0.25) is 13.9 Å². The van der Waals surface area contributed by atoms with Crippen molar-refractivity contribution in [1.82, 2.24) is 19.1 Å². The van der Waals surface area contributed by atoms with E-state index in [2.05, 4.69) is 9.97 Å². The number of H-pyrrole nitrogens is 1. The Kier molecular flexibility index (Phi) is 4.28. The fourth-order valence-electron chi connectivity index (χ4n) is 1.27. The first kappa shape index (κ1) is 15.1. The molecule has 0 aliphatic carbocycles. The molecule has 4 N–H and O–H groups in total. The molecule has 0 saturated heterocycles. The number of nitrogens with one attached hydrogen (secondary N) is 1. The molecule has 0 spiro atoms. The molecule has 19 heavy (non-hydrogen) atoms. The van der Waals surface area contributed by atoms with Gasteiger partial charge in [-0.05, 0) is 13.8 Å². The third-order valence-electron chi connectivity index (χ3n) is 2.44. The Balaban J connectivity index is 0.000000258. The second-order valence-electron chi connectivity index (χ2n) is 4.95. The summed E-state index contributed by atoms with van der Waals surface area (Å²) >= 11 is 0. The van der Waals surface area contributed by atoms with E-state index in [4.69, 9.17) is 10.8 Å². The van der Waals surface area contributed by atoms with Gasteiger partial charge in [-0.1, -0.05) is 0 Å². The Morgan fingerprint density at radius 3 is 2.37 bits per heavy atom. The van der Waals surface area contributed by atoms with E-state index < -0.39 is 5.54 Å². The molecule has 2 aromatic heterocycles. The van der Waals surface area contributed by atoms with Gasteiger partial charge in [-0.2, -0.15) is 0 Å². The molecule has 0 radical (unpaired) electrons. The average molecular weight is 269 g/mol. The lowest BCUT2D eigenvalue weighted by Crippen LogP contribution is -2.36. The summed E-state index contributed by atoms with van der Waals surface area (Å²) in [6, 6.07) is 0. The quantitative estimate of drug-likeness (QED) is 0.593. The van der Waals surface area contributed by atoms with Crippen LogP contribution in [-0.4, -0.2) is 36.4 Å². The molecular formula is C11H19N5O3. The molecule has 0 saturated carbocycles. The monoisotopic (exact) mass is 269 g/mol. The van der Waals surface area contributed by atoms with Crippen molar-refractivity contribution < 1.29 is 5.11 Å². The maximum Gasteiger partial charge on any atom is 0.332 e. The fourth-order valence-corrected chi connectivity index (χ4v) is 1.27. The number of aliphatic hydroxyl groups excluding tert-OH is 1. The van der Waals surface area contributed by atoms with Crippen LogP contribution in [0.3, 0.4) is 0 Å². The number of hydrogen-bond acceptors (Lipinski definition) is 5. The van der Waals surface area contributed by atoms with E-state index in [1.165, 1.54) is 17.9 Å². The van der Waals surface area contributed by atoms with Crippen molar-refractivity contribution in [2.45, 2.75) is 19.4 Å². The summed E-state index contributed by atoms with van der Waals surface area (Å²) in [4.78, 5) is 29.4. The molecule has 0 aliphatic rings. The van der Waals surface area contributed by atoms with Gasteiger partial charge in [0.25, 0.3) is 5.56 Å².